The van der Waals surface area contributed by atoms with Crippen LogP contribution < -0.4 is 15.4 Å². The largest absolute Gasteiger partial charge is 0.497 e. The van der Waals surface area contributed by atoms with Crippen LogP contribution in [-0.4, -0.2) is 24.5 Å². The maximum Gasteiger partial charge on any atom is 0.255 e. The molecule has 2 N–H and O–H groups in total. The minimum absolute atomic E-state index is 0.205. The lowest BCUT2D eigenvalue weighted by atomic mass is 10.1. The molecule has 6 heteroatoms. The minimum Gasteiger partial charge on any atom is -0.497 e. The zero-order chi connectivity index (χ0) is 19.1. The molecular formula is C21H20FN3O2. The molecular weight excluding hydrogens is 345 g/mol. The number of carbonyl (C=O) groups excluding carboxylic acids is 1. The van der Waals surface area contributed by atoms with Gasteiger partial charge < -0.3 is 15.4 Å². The van der Waals surface area contributed by atoms with Crippen molar-refractivity contribution in [3.05, 3.63) is 83.8 Å². The van der Waals surface area contributed by atoms with E-state index >= 15 is 0 Å². The van der Waals surface area contributed by atoms with Crippen LogP contribution in [0.3, 0.4) is 0 Å². The number of hydrogen-bond acceptors (Lipinski definition) is 4. The third kappa shape index (κ3) is 5.04. The molecule has 27 heavy (non-hydrogen) atoms. The summed E-state index contributed by atoms with van der Waals surface area (Å²) in [5.41, 5.74) is 1.78. The number of rotatable bonds is 7. The first kappa shape index (κ1) is 18.4. The molecule has 0 aliphatic heterocycles. The maximum absolute atomic E-state index is 13.6. The fourth-order valence-electron chi connectivity index (χ4n) is 2.54. The van der Waals surface area contributed by atoms with Crippen LogP contribution in [0.5, 0.6) is 5.75 Å². The lowest BCUT2D eigenvalue weighted by Crippen LogP contribution is -2.12. The molecule has 0 spiro atoms. The van der Waals surface area contributed by atoms with Crippen molar-refractivity contribution in [3.63, 3.8) is 0 Å². The molecule has 3 rings (SSSR count). The Balaban J connectivity index is 1.52. The summed E-state index contributed by atoms with van der Waals surface area (Å²) >= 11 is 0. The van der Waals surface area contributed by atoms with Crippen molar-refractivity contribution in [1.29, 1.82) is 0 Å². The van der Waals surface area contributed by atoms with Gasteiger partial charge >= 0.3 is 0 Å². The Hall–Kier alpha value is -3.41. The first-order valence-electron chi connectivity index (χ1n) is 8.54. The average Bonchev–Trinajstić information content (AvgIpc) is 2.71. The molecule has 1 amide bonds. The van der Waals surface area contributed by atoms with Crippen molar-refractivity contribution in [2.24, 2.45) is 0 Å². The number of aromatic nitrogens is 1. The van der Waals surface area contributed by atoms with E-state index in [-0.39, 0.29) is 11.7 Å². The van der Waals surface area contributed by atoms with Crippen LogP contribution in [0.4, 0.5) is 15.9 Å². The monoisotopic (exact) mass is 365 g/mol. The Labute approximate surface area is 157 Å². The van der Waals surface area contributed by atoms with E-state index in [9.17, 15) is 9.18 Å². The van der Waals surface area contributed by atoms with Gasteiger partial charge in [-0.1, -0.05) is 18.2 Å². The predicted octanol–water partition coefficient (Wildman–Crippen LogP) is 4.14. The summed E-state index contributed by atoms with van der Waals surface area (Å²) in [6.45, 7) is 0.561. The highest BCUT2D eigenvalue weighted by Gasteiger charge is 2.07. The van der Waals surface area contributed by atoms with Gasteiger partial charge in [-0.3, -0.25) is 4.79 Å². The van der Waals surface area contributed by atoms with Gasteiger partial charge in [0.2, 0.25) is 0 Å². The first-order valence-corrected chi connectivity index (χ1v) is 8.54. The molecule has 2 aromatic carbocycles. The summed E-state index contributed by atoms with van der Waals surface area (Å²) in [4.78, 5) is 16.5. The summed E-state index contributed by atoms with van der Waals surface area (Å²) < 4.78 is 18.7. The molecule has 5 nitrogen and oxygen atoms in total. The number of benzene rings is 2. The zero-order valence-electron chi connectivity index (χ0n) is 14.9. The van der Waals surface area contributed by atoms with Gasteiger partial charge in [0.05, 0.1) is 19.0 Å². The van der Waals surface area contributed by atoms with E-state index in [1.807, 2.05) is 6.07 Å². The van der Waals surface area contributed by atoms with Crippen LogP contribution in [0.25, 0.3) is 0 Å². The van der Waals surface area contributed by atoms with E-state index in [1.54, 1.807) is 61.8 Å². The van der Waals surface area contributed by atoms with Gasteiger partial charge in [-0.25, -0.2) is 9.37 Å². The van der Waals surface area contributed by atoms with E-state index in [0.717, 1.165) is 0 Å². The Morgan fingerprint density at radius 3 is 2.52 bits per heavy atom. The molecule has 0 bridgehead atoms. The summed E-state index contributed by atoms with van der Waals surface area (Å²) in [7, 11) is 1.58. The summed E-state index contributed by atoms with van der Waals surface area (Å²) in [5, 5.41) is 5.93. The number of carbonyl (C=O) groups is 1. The number of hydrogen-bond donors (Lipinski definition) is 2. The lowest BCUT2D eigenvalue weighted by Gasteiger charge is -2.09. The fraction of sp³-hybridized carbons (Fsp3) is 0.143. The van der Waals surface area contributed by atoms with Crippen molar-refractivity contribution < 1.29 is 13.9 Å². The number of methoxy groups -OCH3 is 1. The van der Waals surface area contributed by atoms with E-state index in [1.165, 1.54) is 6.07 Å². The van der Waals surface area contributed by atoms with Crippen molar-refractivity contribution in [2.45, 2.75) is 6.42 Å². The van der Waals surface area contributed by atoms with Gasteiger partial charge in [-0.15, -0.1) is 0 Å². The third-order valence-electron chi connectivity index (χ3n) is 4.03. The number of nitrogens with one attached hydrogen (secondary N) is 2. The average molecular weight is 365 g/mol. The number of ether oxygens (including phenoxy) is 1. The molecule has 1 heterocycles. The van der Waals surface area contributed by atoms with E-state index in [4.69, 9.17) is 4.74 Å². The van der Waals surface area contributed by atoms with Crippen molar-refractivity contribution in [2.75, 3.05) is 24.3 Å². The highest BCUT2D eigenvalue weighted by molar-refractivity contribution is 6.04. The second kappa shape index (κ2) is 8.80. The van der Waals surface area contributed by atoms with Gasteiger partial charge in [0.15, 0.2) is 0 Å². The van der Waals surface area contributed by atoms with Crippen molar-refractivity contribution in [3.8, 4) is 5.75 Å². The third-order valence-corrected chi connectivity index (χ3v) is 4.03. The first-order chi connectivity index (χ1) is 13.2. The predicted molar refractivity (Wildman–Crippen MR) is 104 cm³/mol. The maximum atomic E-state index is 13.6. The summed E-state index contributed by atoms with van der Waals surface area (Å²) in [6, 6.07) is 17.1. The normalized spacial score (nSPS) is 10.3. The SMILES string of the molecule is COc1ccc(C(=O)Nc2ccc(NCCc3ccccc3F)nc2)cc1. The molecule has 0 radical (unpaired) electrons. The molecule has 1 aromatic heterocycles. The summed E-state index contributed by atoms with van der Waals surface area (Å²) in [5.74, 6) is 0.927. The molecule has 138 valence electrons. The van der Waals surface area contributed by atoms with Crippen LogP contribution in [0, 0.1) is 5.82 Å². The minimum atomic E-state index is -0.222. The van der Waals surface area contributed by atoms with Crippen LogP contribution in [0.1, 0.15) is 15.9 Å². The molecule has 0 fully saturated rings. The zero-order valence-corrected chi connectivity index (χ0v) is 14.9. The van der Waals surface area contributed by atoms with Crippen LogP contribution in [0.2, 0.25) is 0 Å². The quantitative estimate of drug-likeness (QED) is 0.661. The van der Waals surface area contributed by atoms with Gasteiger partial charge in [0, 0.05) is 12.1 Å². The number of halogens is 1. The lowest BCUT2D eigenvalue weighted by molar-refractivity contribution is 0.102. The highest BCUT2D eigenvalue weighted by Crippen LogP contribution is 2.15. The van der Waals surface area contributed by atoms with E-state index < -0.39 is 0 Å². The Morgan fingerprint density at radius 1 is 1.07 bits per heavy atom. The Bertz CT molecular complexity index is 896. The van der Waals surface area contributed by atoms with Crippen molar-refractivity contribution >= 4 is 17.4 Å². The van der Waals surface area contributed by atoms with Gasteiger partial charge in [0.1, 0.15) is 17.4 Å². The summed E-state index contributed by atoms with van der Waals surface area (Å²) in [6.07, 6.45) is 2.14. The van der Waals surface area contributed by atoms with Crippen LogP contribution in [-0.2, 0) is 6.42 Å². The number of nitrogens with zero attached hydrogens (tertiary/aromatic N) is 1. The smallest absolute Gasteiger partial charge is 0.255 e. The van der Waals surface area contributed by atoms with Crippen LogP contribution >= 0.6 is 0 Å². The molecule has 0 aliphatic carbocycles. The Morgan fingerprint density at radius 2 is 1.85 bits per heavy atom. The Kier molecular flexibility index (Phi) is 5.99. The molecule has 0 aliphatic rings. The van der Waals surface area contributed by atoms with Gasteiger partial charge in [0.25, 0.3) is 5.91 Å². The molecule has 3 aromatic rings. The van der Waals surface area contributed by atoms with E-state index in [2.05, 4.69) is 15.6 Å². The molecule has 0 saturated heterocycles. The number of pyridine rings is 1. The highest BCUT2D eigenvalue weighted by atomic mass is 19.1. The number of amides is 1. The van der Waals surface area contributed by atoms with Gasteiger partial charge in [-0.05, 0) is 54.4 Å². The number of anilines is 2. The van der Waals surface area contributed by atoms with Crippen LogP contribution in [0.15, 0.2) is 66.9 Å². The standard InChI is InChI=1S/C21H20FN3O2/c1-27-18-9-6-16(7-10-18)21(26)25-17-8-11-20(24-14-17)23-13-12-15-4-2-3-5-19(15)22/h2-11,14H,12-13H2,1H3,(H,23,24)(H,25,26). The van der Waals surface area contributed by atoms with Crippen molar-refractivity contribution in [1.82, 2.24) is 4.98 Å². The molecule has 0 unspecified atom stereocenters. The fourth-order valence-corrected chi connectivity index (χ4v) is 2.54. The second-order valence-corrected chi connectivity index (χ2v) is 5.88. The second-order valence-electron chi connectivity index (χ2n) is 5.88. The molecule has 0 atom stereocenters. The molecule has 0 saturated carbocycles. The van der Waals surface area contributed by atoms with Gasteiger partial charge in [-0.2, -0.15) is 0 Å². The van der Waals surface area contributed by atoms with E-state index in [0.29, 0.717) is 41.3 Å². The topological polar surface area (TPSA) is 63.2 Å².